The highest BCUT2D eigenvalue weighted by Gasteiger charge is 2.34. The summed E-state index contributed by atoms with van der Waals surface area (Å²) in [7, 11) is 0. The predicted molar refractivity (Wildman–Crippen MR) is 90.0 cm³/mol. The summed E-state index contributed by atoms with van der Waals surface area (Å²) in [4.78, 5) is 20.5. The fourth-order valence-corrected chi connectivity index (χ4v) is 2.22. The number of nitrogens with zero attached hydrogens (tertiary/aromatic N) is 2. The van der Waals surface area contributed by atoms with Crippen molar-refractivity contribution >= 4 is 29.1 Å². The van der Waals surface area contributed by atoms with Gasteiger partial charge in [-0.25, -0.2) is 9.97 Å². The van der Waals surface area contributed by atoms with Crippen LogP contribution >= 0.6 is 11.6 Å². The Morgan fingerprint density at radius 2 is 1.96 bits per heavy atom. The molecule has 1 amide bonds. The van der Waals surface area contributed by atoms with Gasteiger partial charge in [0.15, 0.2) is 0 Å². The molecule has 0 radical (unpaired) electrons. The van der Waals surface area contributed by atoms with Crippen molar-refractivity contribution in [3.05, 3.63) is 46.2 Å². The number of carbonyl (C=O) groups excluding carboxylic acids is 1. The summed E-state index contributed by atoms with van der Waals surface area (Å²) < 4.78 is 39.3. The molecule has 0 unspecified atom stereocenters. The maximum Gasteiger partial charge on any atom is 0.418 e. The van der Waals surface area contributed by atoms with E-state index in [9.17, 15) is 18.0 Å². The molecule has 0 aliphatic heterocycles. The van der Waals surface area contributed by atoms with Crippen LogP contribution in [0, 0.1) is 6.92 Å². The Labute approximate surface area is 147 Å². The minimum Gasteiger partial charge on any atom is -0.354 e. The molecule has 0 fully saturated rings. The Balaban J connectivity index is 2.30. The number of benzene rings is 1. The third kappa shape index (κ3) is 5.06. The van der Waals surface area contributed by atoms with Gasteiger partial charge in [0.25, 0.3) is 5.91 Å². The molecule has 2 rings (SSSR count). The van der Waals surface area contributed by atoms with Crippen molar-refractivity contribution < 1.29 is 18.0 Å². The summed E-state index contributed by atoms with van der Waals surface area (Å²) in [6, 6.07) is 4.53. The molecule has 9 heteroatoms. The van der Waals surface area contributed by atoms with E-state index in [-0.39, 0.29) is 22.4 Å². The maximum atomic E-state index is 13.1. The zero-order valence-corrected chi connectivity index (χ0v) is 14.3. The summed E-state index contributed by atoms with van der Waals surface area (Å²) >= 11 is 5.62. The highest BCUT2D eigenvalue weighted by molar-refractivity contribution is 6.30. The second-order valence-corrected chi connectivity index (χ2v) is 5.72. The number of rotatable bonds is 5. The van der Waals surface area contributed by atoms with Gasteiger partial charge in [0.2, 0.25) is 5.95 Å². The second kappa shape index (κ2) is 7.69. The molecule has 5 nitrogen and oxygen atoms in total. The van der Waals surface area contributed by atoms with Crippen LogP contribution in [-0.2, 0) is 6.18 Å². The molecular weight excluding hydrogens is 357 g/mol. The van der Waals surface area contributed by atoms with Crippen LogP contribution in [0.25, 0.3) is 0 Å². The largest absolute Gasteiger partial charge is 0.418 e. The number of alkyl halides is 3. The number of amides is 1. The van der Waals surface area contributed by atoms with Crippen LogP contribution in [0.2, 0.25) is 5.02 Å². The summed E-state index contributed by atoms with van der Waals surface area (Å²) in [5.74, 6) is -0.517. The van der Waals surface area contributed by atoms with Crippen molar-refractivity contribution in [3.63, 3.8) is 0 Å². The number of halogens is 4. The lowest BCUT2D eigenvalue weighted by molar-refractivity contribution is -0.136. The zero-order valence-electron chi connectivity index (χ0n) is 13.5. The molecule has 0 spiro atoms. The van der Waals surface area contributed by atoms with Crippen LogP contribution in [0.3, 0.4) is 0 Å². The van der Waals surface area contributed by atoms with E-state index in [0.29, 0.717) is 12.2 Å². The van der Waals surface area contributed by atoms with Crippen LogP contribution < -0.4 is 10.6 Å². The maximum absolute atomic E-state index is 13.1. The molecule has 2 aromatic rings. The lowest BCUT2D eigenvalue weighted by atomic mass is 10.1. The van der Waals surface area contributed by atoms with Gasteiger partial charge in [0.1, 0.15) is 5.69 Å². The lowest BCUT2D eigenvalue weighted by Crippen LogP contribution is -2.19. The third-order valence-electron chi connectivity index (χ3n) is 3.16. The average Bonchev–Trinajstić information content (AvgIpc) is 2.53. The van der Waals surface area contributed by atoms with Crippen LogP contribution in [-0.4, -0.2) is 22.4 Å². The molecule has 0 aliphatic carbocycles. The number of aryl methyl sites for hydroxylation is 1. The molecule has 25 heavy (non-hydrogen) atoms. The van der Waals surface area contributed by atoms with Crippen molar-refractivity contribution in [1.82, 2.24) is 9.97 Å². The monoisotopic (exact) mass is 372 g/mol. The van der Waals surface area contributed by atoms with Gasteiger partial charge in [-0.3, -0.25) is 4.79 Å². The van der Waals surface area contributed by atoms with E-state index in [1.54, 1.807) is 6.92 Å². The van der Waals surface area contributed by atoms with Gasteiger partial charge in [-0.2, -0.15) is 13.2 Å². The smallest absolute Gasteiger partial charge is 0.354 e. The van der Waals surface area contributed by atoms with Gasteiger partial charge < -0.3 is 10.6 Å². The predicted octanol–water partition coefficient (Wildman–Crippen LogP) is 4.53. The van der Waals surface area contributed by atoms with Crippen molar-refractivity contribution in [3.8, 4) is 0 Å². The molecule has 0 saturated heterocycles. The fourth-order valence-electron chi connectivity index (χ4n) is 2.05. The molecule has 0 aliphatic rings. The Kier molecular flexibility index (Phi) is 5.84. The van der Waals surface area contributed by atoms with Crippen molar-refractivity contribution in [2.75, 3.05) is 17.2 Å². The van der Waals surface area contributed by atoms with E-state index < -0.39 is 17.6 Å². The standard InChI is InChI=1S/C16H16ClF3N4O/c1-3-6-21-15-22-9(2)7-13(24-15)14(25)23-12-5-4-10(17)8-11(12)16(18,19)20/h4-5,7-8H,3,6H2,1-2H3,(H,23,25)(H,21,22,24). The van der Waals surface area contributed by atoms with E-state index >= 15 is 0 Å². The molecule has 0 saturated carbocycles. The lowest BCUT2D eigenvalue weighted by Gasteiger charge is -2.14. The van der Waals surface area contributed by atoms with E-state index in [1.807, 2.05) is 6.92 Å². The first-order valence-corrected chi connectivity index (χ1v) is 7.86. The average molecular weight is 373 g/mol. The van der Waals surface area contributed by atoms with Crippen LogP contribution in [0.15, 0.2) is 24.3 Å². The summed E-state index contributed by atoms with van der Waals surface area (Å²) in [5.41, 5.74) is -0.926. The highest BCUT2D eigenvalue weighted by atomic mass is 35.5. The van der Waals surface area contributed by atoms with Gasteiger partial charge in [0.05, 0.1) is 11.3 Å². The molecule has 1 aromatic heterocycles. The molecule has 134 valence electrons. The first kappa shape index (κ1) is 19.0. The van der Waals surface area contributed by atoms with Crippen LogP contribution in [0.1, 0.15) is 35.1 Å². The molecule has 0 bridgehead atoms. The highest BCUT2D eigenvalue weighted by Crippen LogP contribution is 2.36. The normalized spacial score (nSPS) is 11.3. The van der Waals surface area contributed by atoms with Crippen LogP contribution in [0.5, 0.6) is 0 Å². The second-order valence-electron chi connectivity index (χ2n) is 5.29. The SMILES string of the molecule is CCCNc1nc(C)cc(C(=O)Nc2ccc(Cl)cc2C(F)(F)F)n1. The number of aromatic nitrogens is 2. The van der Waals surface area contributed by atoms with E-state index in [0.717, 1.165) is 18.6 Å². The van der Waals surface area contributed by atoms with E-state index in [4.69, 9.17) is 11.6 Å². The number of hydrogen-bond acceptors (Lipinski definition) is 4. The summed E-state index contributed by atoms with van der Waals surface area (Å²) in [6.45, 7) is 4.23. The molecule has 0 atom stereocenters. The van der Waals surface area contributed by atoms with Gasteiger partial charge in [-0.1, -0.05) is 18.5 Å². The van der Waals surface area contributed by atoms with E-state index in [1.165, 1.54) is 12.1 Å². The van der Waals surface area contributed by atoms with Crippen molar-refractivity contribution in [2.45, 2.75) is 26.4 Å². The molecule has 1 aromatic carbocycles. The van der Waals surface area contributed by atoms with Crippen LogP contribution in [0.4, 0.5) is 24.8 Å². The molecule has 1 heterocycles. The summed E-state index contributed by atoms with van der Waals surface area (Å²) in [5, 5.41) is 5.10. The van der Waals surface area contributed by atoms with Gasteiger partial charge in [-0.05, 0) is 37.6 Å². The number of hydrogen-bond donors (Lipinski definition) is 2. The molecular formula is C16H16ClF3N4O. The van der Waals surface area contributed by atoms with Gasteiger partial charge >= 0.3 is 6.18 Å². The van der Waals surface area contributed by atoms with Crippen molar-refractivity contribution in [2.24, 2.45) is 0 Å². The minimum atomic E-state index is -4.65. The Morgan fingerprint density at radius 1 is 1.24 bits per heavy atom. The van der Waals surface area contributed by atoms with Gasteiger partial charge in [-0.15, -0.1) is 0 Å². The first-order valence-electron chi connectivity index (χ1n) is 7.48. The topological polar surface area (TPSA) is 66.9 Å². The van der Waals surface area contributed by atoms with Gasteiger partial charge in [0, 0.05) is 17.3 Å². The number of nitrogens with one attached hydrogen (secondary N) is 2. The third-order valence-corrected chi connectivity index (χ3v) is 3.39. The minimum absolute atomic E-state index is 0.0332. The fraction of sp³-hybridized carbons (Fsp3) is 0.312. The van der Waals surface area contributed by atoms with E-state index in [2.05, 4.69) is 20.6 Å². The molecule has 2 N–H and O–H groups in total. The number of carbonyl (C=O) groups is 1. The number of anilines is 2. The Bertz CT molecular complexity index is 780. The first-order chi connectivity index (χ1) is 11.7. The zero-order chi connectivity index (χ0) is 18.6. The Morgan fingerprint density at radius 3 is 2.60 bits per heavy atom. The Hall–Kier alpha value is -2.35. The quantitative estimate of drug-likeness (QED) is 0.809. The van der Waals surface area contributed by atoms with Crippen molar-refractivity contribution in [1.29, 1.82) is 0 Å². The summed E-state index contributed by atoms with van der Waals surface area (Å²) in [6.07, 6.45) is -3.82.